The average molecular weight is 196 g/mol. The maximum Gasteiger partial charge on any atom is 0.277 e. The van der Waals surface area contributed by atoms with Gasteiger partial charge >= 0.3 is 0 Å². The SMILES string of the molecule is O=[N+]([O-])c1cccc2ccccc12.[Na]. The first kappa shape index (κ1) is 11.2. The monoisotopic (exact) mass is 196 g/mol. The van der Waals surface area contributed by atoms with E-state index in [1.807, 2.05) is 18.2 Å². The van der Waals surface area contributed by atoms with Crippen molar-refractivity contribution < 1.29 is 4.92 Å². The van der Waals surface area contributed by atoms with Gasteiger partial charge < -0.3 is 0 Å². The third kappa shape index (κ3) is 1.95. The molecular weight excluding hydrogens is 189 g/mol. The van der Waals surface area contributed by atoms with Gasteiger partial charge in [0, 0.05) is 35.6 Å². The van der Waals surface area contributed by atoms with Crippen LogP contribution >= 0.6 is 0 Å². The standard InChI is InChI=1S/C10H7NO2.Na/c12-11(13)10-7-3-5-8-4-1-2-6-9(8)10;/h1-7H;. The van der Waals surface area contributed by atoms with Crippen LogP contribution in [0.25, 0.3) is 10.8 Å². The number of nitro groups is 1. The van der Waals surface area contributed by atoms with Crippen molar-refractivity contribution in [2.24, 2.45) is 0 Å². The van der Waals surface area contributed by atoms with E-state index in [2.05, 4.69) is 0 Å². The maximum atomic E-state index is 10.6. The van der Waals surface area contributed by atoms with Gasteiger partial charge in [-0.2, -0.15) is 0 Å². The zero-order valence-electron chi connectivity index (χ0n) is 7.81. The predicted octanol–water partition coefficient (Wildman–Crippen LogP) is 2.37. The molecule has 0 atom stereocenters. The van der Waals surface area contributed by atoms with Crippen LogP contribution in [-0.2, 0) is 0 Å². The first-order valence-electron chi connectivity index (χ1n) is 3.91. The molecule has 3 nitrogen and oxygen atoms in total. The Hall–Kier alpha value is -0.900. The van der Waals surface area contributed by atoms with Gasteiger partial charge in [-0.15, -0.1) is 0 Å². The fourth-order valence-corrected chi connectivity index (χ4v) is 1.37. The molecule has 0 aliphatic carbocycles. The third-order valence-corrected chi connectivity index (χ3v) is 1.96. The van der Waals surface area contributed by atoms with Crippen molar-refractivity contribution in [2.75, 3.05) is 0 Å². The van der Waals surface area contributed by atoms with E-state index in [0.29, 0.717) is 5.39 Å². The molecule has 0 fully saturated rings. The third-order valence-electron chi connectivity index (χ3n) is 1.96. The van der Waals surface area contributed by atoms with Crippen molar-refractivity contribution in [1.82, 2.24) is 0 Å². The fourth-order valence-electron chi connectivity index (χ4n) is 1.37. The van der Waals surface area contributed by atoms with Gasteiger partial charge in [0.25, 0.3) is 5.69 Å². The van der Waals surface area contributed by atoms with Crippen molar-refractivity contribution in [3.63, 3.8) is 0 Å². The second-order valence-electron chi connectivity index (χ2n) is 2.76. The summed E-state index contributed by atoms with van der Waals surface area (Å²) in [7, 11) is 0. The first-order valence-corrected chi connectivity index (χ1v) is 3.91. The number of fused-ring (bicyclic) bond motifs is 1. The molecule has 0 spiro atoms. The van der Waals surface area contributed by atoms with Gasteiger partial charge in [-0.3, -0.25) is 10.1 Å². The van der Waals surface area contributed by atoms with Gasteiger partial charge in [0.1, 0.15) is 0 Å². The Morgan fingerprint density at radius 2 is 1.64 bits per heavy atom. The Morgan fingerprint density at radius 1 is 1.00 bits per heavy atom. The van der Waals surface area contributed by atoms with Gasteiger partial charge in [0.15, 0.2) is 0 Å². The number of benzene rings is 2. The van der Waals surface area contributed by atoms with E-state index in [9.17, 15) is 10.1 Å². The van der Waals surface area contributed by atoms with Crippen molar-refractivity contribution in [1.29, 1.82) is 0 Å². The Bertz CT molecular complexity index is 465. The second-order valence-corrected chi connectivity index (χ2v) is 2.76. The maximum absolute atomic E-state index is 10.6. The fraction of sp³-hybridized carbons (Fsp3) is 0. The zero-order chi connectivity index (χ0) is 9.26. The van der Waals surface area contributed by atoms with Crippen molar-refractivity contribution in [2.45, 2.75) is 0 Å². The molecule has 0 aromatic heterocycles. The summed E-state index contributed by atoms with van der Waals surface area (Å²) >= 11 is 0. The molecule has 0 saturated heterocycles. The Balaban J connectivity index is 0.000000980. The molecule has 0 N–H and O–H groups in total. The number of hydrogen-bond donors (Lipinski definition) is 0. The van der Waals surface area contributed by atoms with Crippen LogP contribution < -0.4 is 0 Å². The van der Waals surface area contributed by atoms with Gasteiger partial charge in [-0.05, 0) is 11.5 Å². The van der Waals surface area contributed by atoms with Gasteiger partial charge in [0.05, 0.1) is 10.3 Å². The second kappa shape index (κ2) is 4.55. The molecule has 2 aromatic rings. The summed E-state index contributed by atoms with van der Waals surface area (Å²) < 4.78 is 0. The molecule has 14 heavy (non-hydrogen) atoms. The van der Waals surface area contributed by atoms with Gasteiger partial charge in [0.2, 0.25) is 0 Å². The van der Waals surface area contributed by atoms with Crippen LogP contribution in [0, 0.1) is 10.1 Å². The van der Waals surface area contributed by atoms with E-state index in [-0.39, 0.29) is 40.2 Å². The normalized spacial score (nSPS) is 9.43. The molecule has 0 bridgehead atoms. The topological polar surface area (TPSA) is 43.1 Å². The molecule has 0 heterocycles. The average Bonchev–Trinajstić information content (AvgIpc) is 2.17. The molecular formula is C10H7NNaO2. The van der Waals surface area contributed by atoms with Crippen molar-refractivity contribution in [3.05, 3.63) is 52.6 Å². The molecule has 0 aliphatic heterocycles. The molecule has 4 heteroatoms. The van der Waals surface area contributed by atoms with Crippen LogP contribution in [0.15, 0.2) is 42.5 Å². The quantitative estimate of drug-likeness (QED) is 0.399. The summed E-state index contributed by atoms with van der Waals surface area (Å²) in [5.41, 5.74) is 0.165. The summed E-state index contributed by atoms with van der Waals surface area (Å²) in [6.45, 7) is 0. The van der Waals surface area contributed by atoms with E-state index in [4.69, 9.17) is 0 Å². The van der Waals surface area contributed by atoms with Crippen LogP contribution in [0.5, 0.6) is 0 Å². The summed E-state index contributed by atoms with van der Waals surface area (Å²) in [5, 5.41) is 12.2. The van der Waals surface area contributed by atoms with E-state index < -0.39 is 0 Å². The van der Waals surface area contributed by atoms with Gasteiger partial charge in [-0.1, -0.05) is 30.3 Å². The molecule has 2 rings (SSSR count). The Morgan fingerprint density at radius 3 is 2.36 bits per heavy atom. The molecule has 0 unspecified atom stereocenters. The van der Waals surface area contributed by atoms with Crippen LogP contribution in [0.3, 0.4) is 0 Å². The van der Waals surface area contributed by atoms with Gasteiger partial charge in [-0.25, -0.2) is 0 Å². The number of nitro benzene ring substituents is 1. The smallest absolute Gasteiger partial charge is 0.258 e. The number of rotatable bonds is 1. The molecule has 2 aromatic carbocycles. The largest absolute Gasteiger partial charge is 0.277 e. The van der Waals surface area contributed by atoms with Crippen LogP contribution in [0.1, 0.15) is 0 Å². The molecule has 0 saturated carbocycles. The minimum absolute atomic E-state index is 0. The number of hydrogen-bond acceptors (Lipinski definition) is 2. The van der Waals surface area contributed by atoms with E-state index in [1.54, 1.807) is 18.2 Å². The number of non-ortho nitro benzene ring substituents is 1. The van der Waals surface area contributed by atoms with Crippen LogP contribution in [0.2, 0.25) is 0 Å². The van der Waals surface area contributed by atoms with Crippen LogP contribution in [-0.4, -0.2) is 34.5 Å². The zero-order valence-corrected chi connectivity index (χ0v) is 9.81. The van der Waals surface area contributed by atoms with E-state index >= 15 is 0 Å². The Kier molecular flexibility index (Phi) is 3.63. The molecule has 0 aliphatic rings. The van der Waals surface area contributed by atoms with Crippen LogP contribution in [0.4, 0.5) is 5.69 Å². The first-order chi connectivity index (χ1) is 6.29. The number of nitrogens with zero attached hydrogens (tertiary/aromatic N) is 1. The van der Waals surface area contributed by atoms with E-state index in [1.165, 1.54) is 6.07 Å². The summed E-state index contributed by atoms with van der Waals surface area (Å²) in [6, 6.07) is 12.4. The summed E-state index contributed by atoms with van der Waals surface area (Å²) in [4.78, 5) is 10.3. The summed E-state index contributed by atoms with van der Waals surface area (Å²) in [6.07, 6.45) is 0. The van der Waals surface area contributed by atoms with Crippen molar-refractivity contribution >= 4 is 46.0 Å². The Labute approximate surface area is 103 Å². The van der Waals surface area contributed by atoms with Crippen molar-refractivity contribution in [3.8, 4) is 0 Å². The summed E-state index contributed by atoms with van der Waals surface area (Å²) in [5.74, 6) is 0. The molecule has 65 valence electrons. The minimum Gasteiger partial charge on any atom is -0.258 e. The predicted molar refractivity (Wildman–Crippen MR) is 56.4 cm³/mol. The molecule has 0 amide bonds. The minimum atomic E-state index is -0.359. The molecule has 1 radical (unpaired) electrons. The van der Waals surface area contributed by atoms with E-state index in [0.717, 1.165) is 5.39 Å².